The highest BCUT2D eigenvalue weighted by Crippen LogP contribution is 2.30. The lowest BCUT2D eigenvalue weighted by molar-refractivity contribution is 0.226. The molecular formula is C13H11NOS. The summed E-state index contributed by atoms with van der Waals surface area (Å²) in [5.74, 6) is 0. The van der Waals surface area contributed by atoms with E-state index in [1.54, 1.807) is 11.3 Å². The van der Waals surface area contributed by atoms with Crippen molar-refractivity contribution in [2.45, 2.75) is 6.10 Å². The van der Waals surface area contributed by atoms with Crippen LogP contribution < -0.4 is 0 Å². The third-order valence-electron chi connectivity index (χ3n) is 2.74. The SMILES string of the molecule is OC(c1cccs1)c1cccc2[nH]ccc12. The number of H-pyrrole nitrogens is 1. The molecule has 3 rings (SSSR count). The van der Waals surface area contributed by atoms with Crippen LogP contribution in [0.4, 0.5) is 0 Å². The van der Waals surface area contributed by atoms with E-state index in [9.17, 15) is 5.11 Å². The molecule has 1 unspecified atom stereocenters. The minimum atomic E-state index is -0.528. The molecule has 0 aliphatic carbocycles. The zero-order valence-electron chi connectivity index (χ0n) is 8.55. The predicted molar refractivity (Wildman–Crippen MR) is 66.7 cm³/mol. The molecule has 16 heavy (non-hydrogen) atoms. The van der Waals surface area contributed by atoms with E-state index in [1.807, 2.05) is 48.0 Å². The molecule has 2 N–H and O–H groups in total. The summed E-state index contributed by atoms with van der Waals surface area (Å²) in [6.07, 6.45) is 1.37. The molecule has 0 bridgehead atoms. The Morgan fingerprint density at radius 3 is 2.88 bits per heavy atom. The summed E-state index contributed by atoms with van der Waals surface area (Å²) in [7, 11) is 0. The minimum absolute atomic E-state index is 0.528. The van der Waals surface area contributed by atoms with Crippen molar-refractivity contribution in [2.75, 3.05) is 0 Å². The van der Waals surface area contributed by atoms with Gasteiger partial charge in [0.15, 0.2) is 0 Å². The number of thiophene rings is 1. The number of aliphatic hydroxyl groups excluding tert-OH is 1. The van der Waals surface area contributed by atoms with Crippen molar-refractivity contribution >= 4 is 22.2 Å². The Hall–Kier alpha value is -1.58. The summed E-state index contributed by atoms with van der Waals surface area (Å²) in [6.45, 7) is 0. The van der Waals surface area contributed by atoms with Crippen LogP contribution in [0.15, 0.2) is 48.0 Å². The molecule has 0 radical (unpaired) electrons. The predicted octanol–water partition coefficient (Wildman–Crippen LogP) is 3.31. The van der Waals surface area contributed by atoms with Crippen LogP contribution in [0.5, 0.6) is 0 Å². The lowest BCUT2D eigenvalue weighted by Gasteiger charge is -2.10. The molecule has 3 heteroatoms. The van der Waals surface area contributed by atoms with Gasteiger partial charge in [0.25, 0.3) is 0 Å². The molecular weight excluding hydrogens is 218 g/mol. The highest BCUT2D eigenvalue weighted by atomic mass is 32.1. The van der Waals surface area contributed by atoms with Gasteiger partial charge in [-0.2, -0.15) is 0 Å². The van der Waals surface area contributed by atoms with E-state index in [-0.39, 0.29) is 0 Å². The number of aliphatic hydroxyl groups is 1. The van der Waals surface area contributed by atoms with Crippen molar-refractivity contribution in [3.8, 4) is 0 Å². The Kier molecular flexibility index (Phi) is 2.27. The van der Waals surface area contributed by atoms with E-state index in [2.05, 4.69) is 4.98 Å². The Balaban J connectivity index is 2.15. The number of nitrogens with one attached hydrogen (secondary N) is 1. The van der Waals surface area contributed by atoms with Crippen molar-refractivity contribution in [2.24, 2.45) is 0 Å². The quantitative estimate of drug-likeness (QED) is 0.695. The lowest BCUT2D eigenvalue weighted by Crippen LogP contribution is -1.97. The summed E-state index contributed by atoms with van der Waals surface area (Å²) < 4.78 is 0. The van der Waals surface area contributed by atoms with Gasteiger partial charge in [-0.1, -0.05) is 18.2 Å². The molecule has 0 saturated heterocycles. The van der Waals surface area contributed by atoms with Crippen molar-refractivity contribution in [3.63, 3.8) is 0 Å². The summed E-state index contributed by atoms with van der Waals surface area (Å²) in [4.78, 5) is 4.13. The van der Waals surface area contributed by atoms with Gasteiger partial charge < -0.3 is 10.1 Å². The first-order valence-corrected chi connectivity index (χ1v) is 6.02. The van der Waals surface area contributed by atoms with Crippen LogP contribution in [0.1, 0.15) is 16.5 Å². The highest BCUT2D eigenvalue weighted by molar-refractivity contribution is 7.10. The zero-order chi connectivity index (χ0) is 11.0. The van der Waals surface area contributed by atoms with Crippen LogP contribution in [0.25, 0.3) is 10.9 Å². The molecule has 0 fully saturated rings. The minimum Gasteiger partial charge on any atom is -0.383 e. The largest absolute Gasteiger partial charge is 0.383 e. The number of hydrogen-bond donors (Lipinski definition) is 2. The fraction of sp³-hybridized carbons (Fsp3) is 0.0769. The fourth-order valence-electron chi connectivity index (χ4n) is 1.95. The van der Waals surface area contributed by atoms with Gasteiger partial charge in [0.05, 0.1) is 0 Å². The normalized spacial score (nSPS) is 13.1. The Labute approximate surface area is 97.2 Å². The Bertz CT molecular complexity index is 597. The molecule has 2 heterocycles. The van der Waals surface area contributed by atoms with Crippen molar-refractivity contribution in [1.29, 1.82) is 0 Å². The molecule has 80 valence electrons. The first-order chi connectivity index (χ1) is 7.86. The maximum atomic E-state index is 10.3. The van der Waals surface area contributed by atoms with Crippen molar-refractivity contribution in [1.82, 2.24) is 4.98 Å². The topological polar surface area (TPSA) is 36.0 Å². The highest BCUT2D eigenvalue weighted by Gasteiger charge is 2.14. The maximum absolute atomic E-state index is 10.3. The van der Waals surface area contributed by atoms with Gasteiger partial charge in [0, 0.05) is 22.0 Å². The summed E-state index contributed by atoms with van der Waals surface area (Å²) in [5.41, 5.74) is 2.02. The van der Waals surface area contributed by atoms with Gasteiger partial charge in [-0.3, -0.25) is 0 Å². The Morgan fingerprint density at radius 2 is 2.06 bits per heavy atom. The van der Waals surface area contributed by atoms with E-state index < -0.39 is 6.10 Å². The molecule has 2 aromatic heterocycles. The smallest absolute Gasteiger partial charge is 0.114 e. The second kappa shape index (κ2) is 3.77. The van der Waals surface area contributed by atoms with E-state index in [0.29, 0.717) is 0 Å². The molecule has 1 aromatic carbocycles. The molecule has 3 aromatic rings. The standard InChI is InChI=1S/C13H11NOS/c15-13(12-5-2-8-16-12)10-3-1-4-11-9(10)6-7-14-11/h1-8,13-15H. The Morgan fingerprint density at radius 1 is 1.12 bits per heavy atom. The number of rotatable bonds is 2. The third-order valence-corrected chi connectivity index (χ3v) is 3.66. The summed E-state index contributed by atoms with van der Waals surface area (Å²) >= 11 is 1.58. The van der Waals surface area contributed by atoms with E-state index >= 15 is 0 Å². The van der Waals surface area contributed by atoms with Gasteiger partial charge in [-0.25, -0.2) is 0 Å². The summed E-state index contributed by atoms with van der Waals surface area (Å²) in [5, 5.41) is 13.4. The maximum Gasteiger partial charge on any atom is 0.114 e. The number of aromatic amines is 1. The van der Waals surface area contributed by atoms with Crippen LogP contribution in [0, 0.1) is 0 Å². The van der Waals surface area contributed by atoms with Crippen molar-refractivity contribution < 1.29 is 5.11 Å². The number of aromatic nitrogens is 1. The van der Waals surface area contributed by atoms with Gasteiger partial charge >= 0.3 is 0 Å². The van der Waals surface area contributed by atoms with Crippen molar-refractivity contribution in [3.05, 3.63) is 58.4 Å². The first kappa shape index (κ1) is 9.63. The van der Waals surface area contributed by atoms with E-state index in [4.69, 9.17) is 0 Å². The first-order valence-electron chi connectivity index (χ1n) is 5.14. The number of hydrogen-bond acceptors (Lipinski definition) is 2. The lowest BCUT2D eigenvalue weighted by atomic mass is 10.0. The second-order valence-corrected chi connectivity index (χ2v) is 4.68. The van der Waals surface area contributed by atoms with Gasteiger partial charge in [0.2, 0.25) is 0 Å². The van der Waals surface area contributed by atoms with Gasteiger partial charge in [-0.15, -0.1) is 11.3 Å². The molecule has 0 aliphatic heterocycles. The molecule has 0 saturated carbocycles. The van der Waals surface area contributed by atoms with Crippen LogP contribution >= 0.6 is 11.3 Å². The molecule has 0 amide bonds. The number of fused-ring (bicyclic) bond motifs is 1. The van der Waals surface area contributed by atoms with Crippen LogP contribution in [0.2, 0.25) is 0 Å². The molecule has 1 atom stereocenters. The average Bonchev–Trinajstić information content (AvgIpc) is 2.98. The van der Waals surface area contributed by atoms with Crippen LogP contribution in [-0.4, -0.2) is 10.1 Å². The zero-order valence-corrected chi connectivity index (χ0v) is 9.37. The average molecular weight is 229 g/mol. The van der Waals surface area contributed by atoms with Crippen LogP contribution in [0.3, 0.4) is 0 Å². The number of benzene rings is 1. The monoisotopic (exact) mass is 229 g/mol. The molecule has 0 aliphatic rings. The van der Waals surface area contributed by atoms with Gasteiger partial charge in [-0.05, 0) is 29.1 Å². The third kappa shape index (κ3) is 1.45. The molecule has 2 nitrogen and oxygen atoms in total. The van der Waals surface area contributed by atoms with Gasteiger partial charge in [0.1, 0.15) is 6.10 Å². The van der Waals surface area contributed by atoms with Crippen LogP contribution in [-0.2, 0) is 0 Å². The second-order valence-electron chi connectivity index (χ2n) is 3.70. The van der Waals surface area contributed by atoms with E-state index in [0.717, 1.165) is 21.3 Å². The van der Waals surface area contributed by atoms with E-state index in [1.165, 1.54) is 0 Å². The fourth-order valence-corrected chi connectivity index (χ4v) is 2.68. The summed E-state index contributed by atoms with van der Waals surface area (Å²) in [6, 6.07) is 11.9. The molecule has 0 spiro atoms.